The van der Waals surface area contributed by atoms with Crippen molar-refractivity contribution < 1.29 is 4.79 Å². The first-order chi connectivity index (χ1) is 12.5. The number of hydrogen-bond acceptors (Lipinski definition) is 4. The SMILES string of the molecule is Cc1ccccc1-n1c(C)nnc1SCC(=O)Nc1cccc(Cl)c1Cl. The molecule has 0 fully saturated rings. The number of aryl methyl sites for hydroxylation is 2. The van der Waals surface area contributed by atoms with Crippen LogP contribution in [-0.2, 0) is 4.79 Å². The summed E-state index contributed by atoms with van der Waals surface area (Å²) in [7, 11) is 0. The molecule has 0 saturated heterocycles. The molecule has 1 heterocycles. The fraction of sp³-hybridized carbons (Fsp3) is 0.167. The Morgan fingerprint density at radius 1 is 1.12 bits per heavy atom. The number of nitrogens with zero attached hydrogens (tertiary/aromatic N) is 3. The second kappa shape index (κ2) is 8.12. The van der Waals surface area contributed by atoms with Gasteiger partial charge in [-0.3, -0.25) is 9.36 Å². The van der Waals surface area contributed by atoms with Crippen molar-refractivity contribution in [3.63, 3.8) is 0 Å². The molecule has 3 aromatic rings. The van der Waals surface area contributed by atoms with Gasteiger partial charge in [0.15, 0.2) is 5.16 Å². The lowest BCUT2D eigenvalue weighted by Gasteiger charge is -2.11. The third kappa shape index (κ3) is 4.03. The molecule has 26 heavy (non-hydrogen) atoms. The molecule has 1 amide bonds. The summed E-state index contributed by atoms with van der Waals surface area (Å²) in [4.78, 5) is 12.3. The van der Waals surface area contributed by atoms with Crippen molar-refractivity contribution in [2.24, 2.45) is 0 Å². The van der Waals surface area contributed by atoms with Crippen molar-refractivity contribution >= 4 is 46.6 Å². The molecule has 1 N–H and O–H groups in total. The van der Waals surface area contributed by atoms with Crippen LogP contribution >= 0.6 is 35.0 Å². The lowest BCUT2D eigenvalue weighted by molar-refractivity contribution is -0.113. The van der Waals surface area contributed by atoms with Gasteiger partial charge >= 0.3 is 0 Å². The summed E-state index contributed by atoms with van der Waals surface area (Å²) in [5.41, 5.74) is 2.59. The highest BCUT2D eigenvalue weighted by molar-refractivity contribution is 7.99. The van der Waals surface area contributed by atoms with Crippen molar-refractivity contribution in [1.82, 2.24) is 14.8 Å². The largest absolute Gasteiger partial charge is 0.324 e. The highest BCUT2D eigenvalue weighted by Crippen LogP contribution is 2.30. The fourth-order valence-electron chi connectivity index (χ4n) is 2.44. The quantitative estimate of drug-likeness (QED) is 0.610. The number of carbonyl (C=O) groups excluding carboxylic acids is 1. The Bertz CT molecular complexity index is 958. The number of hydrogen-bond donors (Lipinski definition) is 1. The molecule has 3 rings (SSSR count). The molecule has 0 atom stereocenters. The number of aromatic nitrogens is 3. The van der Waals surface area contributed by atoms with Gasteiger partial charge in [0.05, 0.1) is 27.2 Å². The lowest BCUT2D eigenvalue weighted by atomic mass is 10.2. The third-order valence-electron chi connectivity index (χ3n) is 3.71. The molecule has 134 valence electrons. The van der Waals surface area contributed by atoms with Gasteiger partial charge in [0.2, 0.25) is 5.91 Å². The van der Waals surface area contributed by atoms with Crippen LogP contribution in [0.5, 0.6) is 0 Å². The zero-order chi connectivity index (χ0) is 18.7. The molecule has 0 saturated carbocycles. The third-order valence-corrected chi connectivity index (χ3v) is 5.46. The zero-order valence-corrected chi connectivity index (χ0v) is 16.5. The molecule has 0 bridgehead atoms. The van der Waals surface area contributed by atoms with E-state index < -0.39 is 0 Å². The van der Waals surface area contributed by atoms with Gasteiger partial charge in [-0.15, -0.1) is 10.2 Å². The van der Waals surface area contributed by atoms with E-state index in [1.54, 1.807) is 18.2 Å². The number of halogens is 2. The van der Waals surface area contributed by atoms with Crippen LogP contribution in [0.4, 0.5) is 5.69 Å². The first-order valence-corrected chi connectivity index (χ1v) is 9.56. The van der Waals surface area contributed by atoms with E-state index in [0.29, 0.717) is 20.9 Å². The number of rotatable bonds is 5. The second-order valence-electron chi connectivity index (χ2n) is 5.59. The monoisotopic (exact) mass is 406 g/mol. The van der Waals surface area contributed by atoms with Crippen LogP contribution in [0.3, 0.4) is 0 Å². The van der Waals surface area contributed by atoms with Gasteiger partial charge in [0.25, 0.3) is 0 Å². The Balaban J connectivity index is 1.74. The summed E-state index contributed by atoms with van der Waals surface area (Å²) in [5, 5.41) is 12.5. The molecule has 0 aliphatic heterocycles. The van der Waals surface area contributed by atoms with Gasteiger partial charge in [-0.1, -0.05) is 59.2 Å². The maximum Gasteiger partial charge on any atom is 0.234 e. The molecule has 1 aromatic heterocycles. The molecule has 8 heteroatoms. The van der Waals surface area contributed by atoms with Crippen LogP contribution < -0.4 is 5.32 Å². The van der Waals surface area contributed by atoms with Crippen molar-refractivity contribution in [2.75, 3.05) is 11.1 Å². The summed E-state index contributed by atoms with van der Waals surface area (Å²) in [6, 6.07) is 13.1. The summed E-state index contributed by atoms with van der Waals surface area (Å²) in [6.45, 7) is 3.91. The summed E-state index contributed by atoms with van der Waals surface area (Å²) < 4.78 is 1.94. The minimum atomic E-state index is -0.198. The topological polar surface area (TPSA) is 59.8 Å². The van der Waals surface area contributed by atoms with E-state index in [2.05, 4.69) is 15.5 Å². The minimum absolute atomic E-state index is 0.173. The highest BCUT2D eigenvalue weighted by Gasteiger charge is 2.15. The van der Waals surface area contributed by atoms with Crippen molar-refractivity contribution in [1.29, 1.82) is 0 Å². The molecule has 0 radical (unpaired) electrons. The number of thioether (sulfide) groups is 1. The maximum atomic E-state index is 12.3. The molecule has 0 spiro atoms. The van der Waals surface area contributed by atoms with Crippen molar-refractivity contribution in [3.8, 4) is 5.69 Å². The van der Waals surface area contributed by atoms with E-state index in [0.717, 1.165) is 17.1 Å². The van der Waals surface area contributed by atoms with E-state index in [4.69, 9.17) is 23.2 Å². The molecule has 5 nitrogen and oxygen atoms in total. The first-order valence-electron chi connectivity index (χ1n) is 7.82. The van der Waals surface area contributed by atoms with Gasteiger partial charge in [0, 0.05) is 0 Å². The summed E-state index contributed by atoms with van der Waals surface area (Å²) in [5.74, 6) is 0.739. The van der Waals surface area contributed by atoms with Gasteiger partial charge in [0.1, 0.15) is 5.82 Å². The predicted molar refractivity (Wildman–Crippen MR) is 107 cm³/mol. The normalized spacial score (nSPS) is 10.8. The van der Waals surface area contributed by atoms with Crippen LogP contribution in [0.25, 0.3) is 5.69 Å². The van der Waals surface area contributed by atoms with Crippen LogP contribution in [0.15, 0.2) is 47.6 Å². The predicted octanol–water partition coefficient (Wildman–Crippen LogP) is 4.92. The van der Waals surface area contributed by atoms with E-state index in [9.17, 15) is 4.79 Å². The Labute approximate surface area is 165 Å². The van der Waals surface area contributed by atoms with Crippen LogP contribution in [0, 0.1) is 13.8 Å². The molecule has 0 aliphatic carbocycles. The van der Waals surface area contributed by atoms with Gasteiger partial charge in [-0.2, -0.15) is 0 Å². The number of nitrogens with one attached hydrogen (secondary N) is 1. The summed E-state index contributed by atoms with van der Waals surface area (Å²) >= 11 is 13.4. The van der Waals surface area contributed by atoms with E-state index in [1.807, 2.05) is 42.7 Å². The molecule has 0 aliphatic rings. The number of carbonyl (C=O) groups is 1. The average Bonchev–Trinajstić information content (AvgIpc) is 2.98. The Morgan fingerprint density at radius 3 is 2.65 bits per heavy atom. The highest BCUT2D eigenvalue weighted by atomic mass is 35.5. The van der Waals surface area contributed by atoms with Gasteiger partial charge in [-0.05, 0) is 37.6 Å². The number of amides is 1. The Kier molecular flexibility index (Phi) is 5.86. The maximum absolute atomic E-state index is 12.3. The van der Waals surface area contributed by atoms with Gasteiger partial charge < -0.3 is 5.32 Å². The van der Waals surface area contributed by atoms with Crippen molar-refractivity contribution in [2.45, 2.75) is 19.0 Å². The Morgan fingerprint density at radius 2 is 1.88 bits per heavy atom. The summed E-state index contributed by atoms with van der Waals surface area (Å²) in [6.07, 6.45) is 0. The average molecular weight is 407 g/mol. The smallest absolute Gasteiger partial charge is 0.234 e. The van der Waals surface area contributed by atoms with E-state index in [-0.39, 0.29) is 11.7 Å². The lowest BCUT2D eigenvalue weighted by Crippen LogP contribution is -2.15. The molecular weight excluding hydrogens is 391 g/mol. The van der Waals surface area contributed by atoms with E-state index in [1.165, 1.54) is 11.8 Å². The second-order valence-corrected chi connectivity index (χ2v) is 7.32. The first kappa shape index (κ1) is 18.8. The molecular formula is C18H16Cl2N4OS. The molecule has 0 unspecified atom stereocenters. The minimum Gasteiger partial charge on any atom is -0.324 e. The standard InChI is InChI=1S/C18H16Cl2N4OS/c1-11-6-3-4-9-15(11)24-12(2)22-23-18(24)26-10-16(25)21-14-8-5-7-13(19)17(14)20/h3-9H,10H2,1-2H3,(H,21,25). The van der Waals surface area contributed by atoms with Crippen LogP contribution in [0.2, 0.25) is 10.0 Å². The fourth-order valence-corrected chi connectivity index (χ4v) is 3.58. The van der Waals surface area contributed by atoms with Gasteiger partial charge in [-0.25, -0.2) is 0 Å². The number of para-hydroxylation sites is 1. The number of anilines is 1. The van der Waals surface area contributed by atoms with Crippen LogP contribution in [0.1, 0.15) is 11.4 Å². The Hall–Kier alpha value is -2.02. The number of benzene rings is 2. The zero-order valence-electron chi connectivity index (χ0n) is 14.2. The van der Waals surface area contributed by atoms with Crippen molar-refractivity contribution in [3.05, 3.63) is 63.9 Å². The van der Waals surface area contributed by atoms with Crippen LogP contribution in [-0.4, -0.2) is 26.4 Å². The molecule has 2 aromatic carbocycles. The van der Waals surface area contributed by atoms with E-state index >= 15 is 0 Å².